The number of halogens is 1. The van der Waals surface area contributed by atoms with E-state index >= 15 is 0 Å². The quantitative estimate of drug-likeness (QED) is 0.733. The molecule has 0 spiro atoms. The fraction of sp³-hybridized carbons (Fsp3) is 0.417. The second-order valence-corrected chi connectivity index (χ2v) is 5.69. The van der Waals surface area contributed by atoms with Crippen molar-refractivity contribution >= 4 is 34.3 Å². The number of aliphatic hydroxyl groups excluding tert-OH is 1. The van der Waals surface area contributed by atoms with Gasteiger partial charge in [-0.25, -0.2) is 4.79 Å². The van der Waals surface area contributed by atoms with Crippen LogP contribution in [-0.2, 0) is 0 Å². The molecule has 0 aliphatic heterocycles. The zero-order valence-corrected chi connectivity index (χ0v) is 12.1. The highest BCUT2D eigenvalue weighted by molar-refractivity contribution is 14.1. The number of anilines is 1. The fourth-order valence-electron chi connectivity index (χ4n) is 1.34. The molecule has 0 unspecified atom stereocenters. The van der Waals surface area contributed by atoms with Crippen molar-refractivity contribution in [3.63, 3.8) is 0 Å². The molecule has 0 heterocycles. The Morgan fingerprint density at radius 1 is 1.35 bits per heavy atom. The van der Waals surface area contributed by atoms with Crippen LogP contribution in [0.15, 0.2) is 24.3 Å². The number of aliphatic hydroxyl groups is 1. The molecular weight excluding hydrogens is 331 g/mol. The molecule has 0 aliphatic rings. The molecule has 0 saturated heterocycles. The third-order valence-electron chi connectivity index (χ3n) is 2.29. The Bertz CT molecular complexity index is 377. The topological polar surface area (TPSA) is 61.4 Å². The normalized spacial score (nSPS) is 11.1. The highest BCUT2D eigenvalue weighted by Crippen LogP contribution is 2.12. The number of hydrogen-bond donors (Lipinski definition) is 3. The van der Waals surface area contributed by atoms with E-state index in [1.807, 2.05) is 38.1 Å². The van der Waals surface area contributed by atoms with E-state index in [1.54, 1.807) is 0 Å². The summed E-state index contributed by atoms with van der Waals surface area (Å²) in [7, 11) is 0. The van der Waals surface area contributed by atoms with E-state index in [1.165, 1.54) is 0 Å². The summed E-state index contributed by atoms with van der Waals surface area (Å²) in [5, 5.41) is 14.4. The van der Waals surface area contributed by atoms with Crippen LogP contribution in [0.5, 0.6) is 0 Å². The number of rotatable bonds is 4. The maximum absolute atomic E-state index is 11.7. The lowest BCUT2D eigenvalue weighted by atomic mass is 10.0. The summed E-state index contributed by atoms with van der Waals surface area (Å²) >= 11 is 2.21. The van der Waals surface area contributed by atoms with Crippen LogP contribution in [0, 0.1) is 3.57 Å². The molecule has 5 heteroatoms. The minimum Gasteiger partial charge on any atom is -0.396 e. The fourth-order valence-corrected chi connectivity index (χ4v) is 1.70. The van der Waals surface area contributed by atoms with E-state index in [4.69, 9.17) is 5.11 Å². The van der Waals surface area contributed by atoms with E-state index in [-0.39, 0.29) is 12.6 Å². The minimum absolute atomic E-state index is 0.0524. The molecule has 94 valence electrons. The molecule has 0 radical (unpaired) electrons. The van der Waals surface area contributed by atoms with Gasteiger partial charge in [-0.05, 0) is 67.1 Å². The molecule has 1 aromatic rings. The monoisotopic (exact) mass is 348 g/mol. The predicted octanol–water partition coefficient (Wildman–Crippen LogP) is 2.57. The van der Waals surface area contributed by atoms with Gasteiger partial charge >= 0.3 is 6.03 Å². The first-order valence-corrected chi connectivity index (χ1v) is 6.46. The molecule has 4 nitrogen and oxygen atoms in total. The average molecular weight is 348 g/mol. The van der Waals surface area contributed by atoms with Crippen molar-refractivity contribution in [3.05, 3.63) is 27.8 Å². The van der Waals surface area contributed by atoms with E-state index < -0.39 is 5.54 Å². The number of amides is 2. The van der Waals surface area contributed by atoms with Crippen LogP contribution in [0.4, 0.5) is 10.5 Å². The maximum atomic E-state index is 11.7. The van der Waals surface area contributed by atoms with Gasteiger partial charge in [0, 0.05) is 21.4 Å². The summed E-state index contributed by atoms with van der Waals surface area (Å²) in [6.07, 6.45) is 0.521. The lowest BCUT2D eigenvalue weighted by Gasteiger charge is -2.25. The average Bonchev–Trinajstić information content (AvgIpc) is 2.20. The predicted molar refractivity (Wildman–Crippen MR) is 77.1 cm³/mol. The smallest absolute Gasteiger partial charge is 0.319 e. The van der Waals surface area contributed by atoms with E-state index in [2.05, 4.69) is 33.2 Å². The van der Waals surface area contributed by atoms with Gasteiger partial charge in [0.05, 0.1) is 0 Å². The van der Waals surface area contributed by atoms with Gasteiger partial charge in [0.15, 0.2) is 0 Å². The van der Waals surface area contributed by atoms with E-state index in [9.17, 15) is 4.79 Å². The molecule has 2 amide bonds. The number of carbonyl (C=O) groups excluding carboxylic acids is 1. The number of hydrogen-bond acceptors (Lipinski definition) is 2. The van der Waals surface area contributed by atoms with Crippen molar-refractivity contribution in [1.82, 2.24) is 5.32 Å². The van der Waals surface area contributed by atoms with Crippen molar-refractivity contribution < 1.29 is 9.90 Å². The Kier molecular flexibility index (Phi) is 5.20. The second-order valence-electron chi connectivity index (χ2n) is 4.44. The Balaban J connectivity index is 2.52. The van der Waals surface area contributed by atoms with Gasteiger partial charge in [-0.2, -0.15) is 0 Å². The van der Waals surface area contributed by atoms with Gasteiger partial charge in [0.25, 0.3) is 0 Å². The summed E-state index contributed by atoms with van der Waals surface area (Å²) in [5.74, 6) is 0. The van der Waals surface area contributed by atoms with Crippen LogP contribution in [0.3, 0.4) is 0 Å². The Labute approximate surface area is 115 Å². The number of urea groups is 1. The standard InChI is InChI=1S/C12H17IN2O2/c1-12(2,7-8-16)15-11(17)14-10-5-3-9(13)4-6-10/h3-6,16H,7-8H2,1-2H3,(H2,14,15,17). The van der Waals surface area contributed by atoms with Crippen molar-refractivity contribution in [2.75, 3.05) is 11.9 Å². The van der Waals surface area contributed by atoms with Crippen molar-refractivity contribution in [2.45, 2.75) is 25.8 Å². The maximum Gasteiger partial charge on any atom is 0.319 e. The number of benzene rings is 1. The van der Waals surface area contributed by atoms with Crippen LogP contribution in [0.1, 0.15) is 20.3 Å². The first-order chi connectivity index (χ1) is 7.93. The zero-order valence-electron chi connectivity index (χ0n) is 9.96. The summed E-state index contributed by atoms with van der Waals surface area (Å²) < 4.78 is 1.12. The molecule has 0 bridgehead atoms. The van der Waals surface area contributed by atoms with Gasteiger partial charge in [-0.1, -0.05) is 0 Å². The largest absolute Gasteiger partial charge is 0.396 e. The molecule has 0 aromatic heterocycles. The highest BCUT2D eigenvalue weighted by atomic mass is 127. The van der Waals surface area contributed by atoms with Gasteiger partial charge in [0.1, 0.15) is 0 Å². The summed E-state index contributed by atoms with van der Waals surface area (Å²) in [6, 6.07) is 7.29. The summed E-state index contributed by atoms with van der Waals surface area (Å²) in [5.41, 5.74) is 0.338. The van der Waals surface area contributed by atoms with Crippen LogP contribution in [0.2, 0.25) is 0 Å². The second kappa shape index (κ2) is 6.20. The molecule has 1 aromatic carbocycles. The SMILES string of the molecule is CC(C)(CCO)NC(=O)Nc1ccc(I)cc1. The minimum atomic E-state index is -0.415. The lowest BCUT2D eigenvalue weighted by Crippen LogP contribution is -2.46. The van der Waals surface area contributed by atoms with Gasteiger partial charge in [0.2, 0.25) is 0 Å². The summed E-state index contributed by atoms with van der Waals surface area (Å²) in [6.45, 7) is 3.80. The van der Waals surface area contributed by atoms with Crippen LogP contribution >= 0.6 is 22.6 Å². The van der Waals surface area contributed by atoms with E-state index in [0.29, 0.717) is 6.42 Å². The molecule has 17 heavy (non-hydrogen) atoms. The van der Waals surface area contributed by atoms with Crippen molar-refractivity contribution in [3.8, 4) is 0 Å². The summed E-state index contributed by atoms with van der Waals surface area (Å²) in [4.78, 5) is 11.7. The first-order valence-electron chi connectivity index (χ1n) is 5.38. The Morgan fingerprint density at radius 3 is 2.47 bits per heavy atom. The van der Waals surface area contributed by atoms with Gasteiger partial charge in [-0.15, -0.1) is 0 Å². The van der Waals surface area contributed by atoms with Gasteiger partial charge in [-0.3, -0.25) is 0 Å². The third-order valence-corrected chi connectivity index (χ3v) is 3.01. The molecule has 1 rings (SSSR count). The number of nitrogens with one attached hydrogen (secondary N) is 2. The number of carbonyl (C=O) groups is 1. The molecule has 3 N–H and O–H groups in total. The first kappa shape index (κ1) is 14.2. The van der Waals surface area contributed by atoms with E-state index in [0.717, 1.165) is 9.26 Å². The Morgan fingerprint density at radius 2 is 1.94 bits per heavy atom. The molecule has 0 aliphatic carbocycles. The van der Waals surface area contributed by atoms with Crippen LogP contribution in [0.25, 0.3) is 0 Å². The molecule has 0 saturated carbocycles. The third kappa shape index (κ3) is 5.36. The highest BCUT2D eigenvalue weighted by Gasteiger charge is 2.19. The van der Waals surface area contributed by atoms with Gasteiger partial charge < -0.3 is 15.7 Å². The molecule has 0 fully saturated rings. The lowest BCUT2D eigenvalue weighted by molar-refractivity contribution is 0.218. The molecule has 0 atom stereocenters. The van der Waals surface area contributed by atoms with Crippen LogP contribution < -0.4 is 10.6 Å². The molecular formula is C12H17IN2O2. The van der Waals surface area contributed by atoms with Crippen LogP contribution in [-0.4, -0.2) is 23.3 Å². The van der Waals surface area contributed by atoms with Crippen molar-refractivity contribution in [2.24, 2.45) is 0 Å². The Hall–Kier alpha value is -0.820. The zero-order chi connectivity index (χ0) is 12.9. The van der Waals surface area contributed by atoms with Crippen molar-refractivity contribution in [1.29, 1.82) is 0 Å².